The first-order chi connectivity index (χ1) is 18.4. The van der Waals surface area contributed by atoms with Gasteiger partial charge in [0.2, 0.25) is 5.91 Å². The molecule has 10 nitrogen and oxygen atoms in total. The number of likely N-dealkylation sites (N-methyl/N-ethyl adjacent to an activating group) is 1. The summed E-state index contributed by atoms with van der Waals surface area (Å²) in [5.74, 6) is -1.15. The average Bonchev–Trinajstić information content (AvgIpc) is 3.54. The standard InChI is InChI=1S/C26H27Cl2N7O3/c1-29-11-4-9-22(36)31-16-5-2-6-18(13-16)35-12-10-17(15-35)32-26(38)24-21(14-30-34-24)33-25(37)23-19(27)7-3-8-20(23)28/h2-9,13-14,17,29H,10-12,15H2,1H3,(H,30,34)(H,31,36)(H,32,38)(H,33,37)/b9-4+/t17-/m1/s1. The maximum atomic E-state index is 13.0. The molecule has 1 aliphatic heterocycles. The van der Waals surface area contributed by atoms with Crippen LogP contribution in [0.25, 0.3) is 0 Å². The molecule has 0 spiro atoms. The topological polar surface area (TPSA) is 131 Å². The lowest BCUT2D eigenvalue weighted by molar-refractivity contribution is -0.111. The molecule has 3 aromatic rings. The number of amides is 3. The van der Waals surface area contributed by atoms with Crippen LogP contribution in [0.4, 0.5) is 17.1 Å². The van der Waals surface area contributed by atoms with Crippen LogP contribution in [-0.2, 0) is 4.79 Å². The zero-order valence-electron chi connectivity index (χ0n) is 20.6. The molecule has 2 heterocycles. The van der Waals surface area contributed by atoms with E-state index in [1.807, 2.05) is 31.3 Å². The van der Waals surface area contributed by atoms with E-state index in [4.69, 9.17) is 23.2 Å². The molecule has 5 N–H and O–H groups in total. The fourth-order valence-corrected chi connectivity index (χ4v) is 4.64. The van der Waals surface area contributed by atoms with Gasteiger partial charge in [-0.3, -0.25) is 19.5 Å². The fourth-order valence-electron chi connectivity index (χ4n) is 4.07. The summed E-state index contributed by atoms with van der Waals surface area (Å²) in [6.07, 6.45) is 5.31. The fraction of sp³-hybridized carbons (Fsp3) is 0.231. The molecule has 0 saturated carbocycles. The summed E-state index contributed by atoms with van der Waals surface area (Å²) in [6, 6.07) is 12.2. The van der Waals surface area contributed by atoms with Gasteiger partial charge in [0.25, 0.3) is 11.8 Å². The third-order valence-electron chi connectivity index (χ3n) is 5.90. The second-order valence-electron chi connectivity index (χ2n) is 8.61. The lowest BCUT2D eigenvalue weighted by atomic mass is 10.2. The zero-order valence-corrected chi connectivity index (χ0v) is 22.1. The summed E-state index contributed by atoms with van der Waals surface area (Å²) >= 11 is 12.3. The molecule has 1 atom stereocenters. The van der Waals surface area contributed by atoms with E-state index in [1.165, 1.54) is 12.3 Å². The molecule has 1 fully saturated rings. The first-order valence-corrected chi connectivity index (χ1v) is 12.7. The van der Waals surface area contributed by atoms with Crippen molar-refractivity contribution in [1.29, 1.82) is 0 Å². The van der Waals surface area contributed by atoms with Gasteiger partial charge in [0.05, 0.1) is 27.5 Å². The highest BCUT2D eigenvalue weighted by atomic mass is 35.5. The third-order valence-corrected chi connectivity index (χ3v) is 6.53. The van der Waals surface area contributed by atoms with Gasteiger partial charge in [0, 0.05) is 43.1 Å². The summed E-state index contributed by atoms with van der Waals surface area (Å²) in [5.41, 5.74) is 2.07. The Morgan fingerprint density at radius 3 is 2.63 bits per heavy atom. The number of nitrogens with zero attached hydrogens (tertiary/aromatic N) is 2. The summed E-state index contributed by atoms with van der Waals surface area (Å²) in [5, 5.41) is 18.4. The second-order valence-corrected chi connectivity index (χ2v) is 9.43. The van der Waals surface area contributed by atoms with E-state index in [2.05, 4.69) is 36.4 Å². The minimum Gasteiger partial charge on any atom is -0.369 e. The number of carbonyl (C=O) groups is 3. The number of hydrogen-bond donors (Lipinski definition) is 5. The molecule has 0 bridgehead atoms. The van der Waals surface area contributed by atoms with Crippen LogP contribution in [0.5, 0.6) is 0 Å². The SMILES string of the molecule is CNC/C=C/C(=O)Nc1cccc(N2CC[C@@H](NC(=O)c3[nH]ncc3NC(=O)c3c(Cl)cccc3Cl)C2)c1. The molecule has 3 amide bonds. The largest absolute Gasteiger partial charge is 0.369 e. The van der Waals surface area contributed by atoms with E-state index in [9.17, 15) is 14.4 Å². The van der Waals surface area contributed by atoms with Crippen LogP contribution in [0.15, 0.2) is 60.8 Å². The second kappa shape index (κ2) is 12.6. The summed E-state index contributed by atoms with van der Waals surface area (Å²) in [4.78, 5) is 39.9. The first kappa shape index (κ1) is 27.2. The number of halogens is 2. The molecular weight excluding hydrogens is 529 g/mol. The van der Waals surface area contributed by atoms with Crippen molar-refractivity contribution in [3.8, 4) is 0 Å². The van der Waals surface area contributed by atoms with Crippen LogP contribution in [0.2, 0.25) is 10.0 Å². The number of carbonyl (C=O) groups excluding carboxylic acids is 3. The normalized spacial score (nSPS) is 15.0. The van der Waals surface area contributed by atoms with Crippen molar-refractivity contribution in [3.05, 3.63) is 82.1 Å². The zero-order chi connectivity index (χ0) is 27.1. The molecule has 1 aliphatic rings. The highest BCUT2D eigenvalue weighted by Gasteiger charge is 2.27. The minimum absolute atomic E-state index is 0.113. The van der Waals surface area contributed by atoms with E-state index in [-0.39, 0.29) is 38.9 Å². The monoisotopic (exact) mass is 555 g/mol. The number of anilines is 3. The van der Waals surface area contributed by atoms with Gasteiger partial charge < -0.3 is 26.2 Å². The molecule has 0 radical (unpaired) electrons. The number of benzene rings is 2. The molecule has 38 heavy (non-hydrogen) atoms. The van der Waals surface area contributed by atoms with Gasteiger partial charge in [0.15, 0.2) is 0 Å². The number of aromatic nitrogens is 2. The summed E-state index contributed by atoms with van der Waals surface area (Å²) < 4.78 is 0. The predicted octanol–water partition coefficient (Wildman–Crippen LogP) is 3.69. The van der Waals surface area contributed by atoms with Crippen molar-refractivity contribution < 1.29 is 14.4 Å². The Bertz CT molecular complexity index is 1340. The van der Waals surface area contributed by atoms with Crippen LogP contribution < -0.4 is 26.2 Å². The summed E-state index contributed by atoms with van der Waals surface area (Å²) in [6.45, 7) is 1.91. The Hall–Kier alpha value is -3.86. The van der Waals surface area contributed by atoms with Crippen molar-refractivity contribution in [2.24, 2.45) is 0 Å². The Morgan fingerprint density at radius 2 is 1.87 bits per heavy atom. The minimum atomic E-state index is -0.549. The first-order valence-electron chi connectivity index (χ1n) is 11.9. The number of hydrogen-bond acceptors (Lipinski definition) is 6. The van der Waals surface area contributed by atoms with Gasteiger partial charge in [-0.1, -0.05) is 41.4 Å². The molecule has 0 aliphatic carbocycles. The number of rotatable bonds is 9. The van der Waals surface area contributed by atoms with Crippen LogP contribution in [0, 0.1) is 0 Å². The maximum Gasteiger partial charge on any atom is 0.271 e. The van der Waals surface area contributed by atoms with Crippen molar-refractivity contribution in [3.63, 3.8) is 0 Å². The van der Waals surface area contributed by atoms with Gasteiger partial charge in [0.1, 0.15) is 5.69 Å². The average molecular weight is 556 g/mol. The Kier molecular flexibility index (Phi) is 9.01. The molecule has 1 saturated heterocycles. The van der Waals surface area contributed by atoms with Crippen LogP contribution in [0.3, 0.4) is 0 Å². The Labute approximate surface area is 229 Å². The molecular formula is C26H27Cl2N7O3. The van der Waals surface area contributed by atoms with Crippen molar-refractivity contribution in [2.45, 2.75) is 12.5 Å². The molecule has 1 aromatic heterocycles. The smallest absolute Gasteiger partial charge is 0.271 e. The molecule has 198 valence electrons. The Balaban J connectivity index is 1.35. The predicted molar refractivity (Wildman–Crippen MR) is 149 cm³/mol. The molecule has 4 rings (SSSR count). The van der Waals surface area contributed by atoms with Gasteiger partial charge in [-0.2, -0.15) is 5.10 Å². The number of H-pyrrole nitrogens is 1. The van der Waals surface area contributed by atoms with Gasteiger partial charge in [-0.15, -0.1) is 0 Å². The van der Waals surface area contributed by atoms with Gasteiger partial charge in [-0.05, 0) is 43.8 Å². The van der Waals surface area contributed by atoms with Crippen molar-refractivity contribution in [2.75, 3.05) is 42.2 Å². The molecule has 0 unspecified atom stereocenters. The number of aromatic amines is 1. The molecule has 12 heteroatoms. The number of nitrogens with one attached hydrogen (secondary N) is 5. The van der Waals surface area contributed by atoms with Crippen LogP contribution in [-0.4, -0.2) is 60.6 Å². The summed E-state index contributed by atoms with van der Waals surface area (Å²) in [7, 11) is 1.81. The highest BCUT2D eigenvalue weighted by Crippen LogP contribution is 2.26. The lowest BCUT2D eigenvalue weighted by Crippen LogP contribution is -2.37. The van der Waals surface area contributed by atoms with E-state index in [0.717, 1.165) is 18.7 Å². The van der Waals surface area contributed by atoms with Gasteiger partial charge >= 0.3 is 0 Å². The van der Waals surface area contributed by atoms with E-state index in [1.54, 1.807) is 24.3 Å². The van der Waals surface area contributed by atoms with E-state index >= 15 is 0 Å². The van der Waals surface area contributed by atoms with Crippen molar-refractivity contribution >= 4 is 58.0 Å². The molecule has 2 aromatic carbocycles. The Morgan fingerprint density at radius 1 is 1.11 bits per heavy atom. The van der Waals surface area contributed by atoms with Crippen LogP contribution >= 0.6 is 23.2 Å². The maximum absolute atomic E-state index is 13.0. The lowest BCUT2D eigenvalue weighted by Gasteiger charge is -2.20. The van der Waals surface area contributed by atoms with E-state index < -0.39 is 11.8 Å². The van der Waals surface area contributed by atoms with Crippen molar-refractivity contribution in [1.82, 2.24) is 20.8 Å². The quantitative estimate of drug-likeness (QED) is 0.256. The van der Waals surface area contributed by atoms with Crippen LogP contribution in [0.1, 0.15) is 27.3 Å². The third kappa shape index (κ3) is 6.71. The highest BCUT2D eigenvalue weighted by molar-refractivity contribution is 6.40. The van der Waals surface area contributed by atoms with E-state index in [0.29, 0.717) is 18.8 Å². The van der Waals surface area contributed by atoms with Gasteiger partial charge in [-0.25, -0.2) is 0 Å².